The Kier molecular flexibility index (Phi) is 8.13. The van der Waals surface area contributed by atoms with Gasteiger partial charge in [0, 0.05) is 33.9 Å². The molecule has 0 N–H and O–H groups in total. The number of hydrogen-bond acceptors (Lipinski definition) is 7. The van der Waals surface area contributed by atoms with Crippen molar-refractivity contribution in [3.8, 4) is 16.9 Å². The minimum atomic E-state index is -3.40. The predicted octanol–water partition coefficient (Wildman–Crippen LogP) is 6.59. The summed E-state index contributed by atoms with van der Waals surface area (Å²) in [4.78, 5) is 18.5. The lowest BCUT2D eigenvalue weighted by Gasteiger charge is -2.24. The zero-order valence-electron chi connectivity index (χ0n) is 22.1. The average molecular weight is 550 g/mol. The number of thioether (sulfide) groups is 1. The second kappa shape index (κ2) is 11.2. The summed E-state index contributed by atoms with van der Waals surface area (Å²) in [5.74, 6) is 0.00479. The third kappa shape index (κ3) is 5.71. The van der Waals surface area contributed by atoms with Gasteiger partial charge in [0.1, 0.15) is 5.75 Å². The average Bonchev–Trinajstić information content (AvgIpc) is 2.91. The minimum absolute atomic E-state index is 0.238. The molecular formula is C30H31NO5S2. The smallest absolute Gasteiger partial charge is 0.352 e. The molecule has 0 radical (unpaired) electrons. The Morgan fingerprint density at radius 2 is 1.76 bits per heavy atom. The highest BCUT2D eigenvalue weighted by atomic mass is 32.2. The first kappa shape index (κ1) is 27.7. The van der Waals surface area contributed by atoms with Crippen LogP contribution in [0.2, 0.25) is 0 Å². The number of nitrogens with zero attached hydrogens (tertiary/aromatic N) is 1. The molecule has 1 atom stereocenters. The highest BCUT2D eigenvalue weighted by Gasteiger charge is 2.33. The highest BCUT2D eigenvalue weighted by Crippen LogP contribution is 2.37. The van der Waals surface area contributed by atoms with Crippen LogP contribution in [0.3, 0.4) is 0 Å². The molecule has 6 nitrogen and oxygen atoms in total. The lowest BCUT2D eigenvalue weighted by molar-refractivity contribution is -0.151. The second-order valence-electron chi connectivity index (χ2n) is 9.43. The quantitative estimate of drug-likeness (QED) is 0.172. The van der Waals surface area contributed by atoms with Crippen LogP contribution in [0.5, 0.6) is 5.75 Å². The van der Waals surface area contributed by atoms with E-state index in [2.05, 4.69) is 4.98 Å². The van der Waals surface area contributed by atoms with Gasteiger partial charge in [0.25, 0.3) is 0 Å². The number of ether oxygens (including phenoxy) is 2. The Labute approximate surface area is 228 Å². The first-order valence-corrected chi connectivity index (χ1v) is 15.3. The van der Waals surface area contributed by atoms with Gasteiger partial charge in [0.2, 0.25) is 6.10 Å². The van der Waals surface area contributed by atoms with Crippen molar-refractivity contribution < 1.29 is 22.7 Å². The Balaban J connectivity index is 1.79. The van der Waals surface area contributed by atoms with E-state index in [9.17, 15) is 13.2 Å². The SMILES string of the molecule is CCOC(=O)C(Oc1cccc(-c2cc(C(C)(C)S(C)(=O)=O)cc3cccnc23)c1)c1ccc(SC)cc1. The zero-order chi connectivity index (χ0) is 27.5. The molecule has 0 aliphatic carbocycles. The van der Waals surface area contributed by atoms with Gasteiger partial charge >= 0.3 is 5.97 Å². The molecule has 198 valence electrons. The van der Waals surface area contributed by atoms with Crippen LogP contribution in [0.1, 0.15) is 38.0 Å². The lowest BCUT2D eigenvalue weighted by Crippen LogP contribution is -2.28. The van der Waals surface area contributed by atoms with E-state index in [-0.39, 0.29) is 6.61 Å². The molecule has 0 aliphatic heterocycles. The molecule has 1 heterocycles. The number of rotatable bonds is 9. The molecule has 0 saturated heterocycles. The number of carbonyl (C=O) groups is 1. The maximum atomic E-state index is 12.9. The molecule has 1 aromatic heterocycles. The number of hydrogen-bond donors (Lipinski definition) is 0. The van der Waals surface area contributed by atoms with Crippen molar-refractivity contribution in [1.29, 1.82) is 0 Å². The van der Waals surface area contributed by atoms with E-state index >= 15 is 0 Å². The number of fused-ring (bicyclic) bond motifs is 1. The number of sulfone groups is 1. The topological polar surface area (TPSA) is 82.6 Å². The molecular weight excluding hydrogens is 518 g/mol. The van der Waals surface area contributed by atoms with Crippen LogP contribution in [-0.2, 0) is 24.1 Å². The molecule has 8 heteroatoms. The van der Waals surface area contributed by atoms with Gasteiger partial charge in [-0.1, -0.05) is 30.3 Å². The number of esters is 1. The van der Waals surface area contributed by atoms with Crippen LogP contribution in [0, 0.1) is 0 Å². The zero-order valence-corrected chi connectivity index (χ0v) is 23.7. The minimum Gasteiger partial charge on any atom is -0.474 e. The molecule has 0 aliphatic rings. The molecule has 0 fully saturated rings. The predicted molar refractivity (Wildman–Crippen MR) is 153 cm³/mol. The van der Waals surface area contributed by atoms with Crippen molar-refractivity contribution in [3.05, 3.63) is 90.1 Å². The van der Waals surface area contributed by atoms with E-state index in [4.69, 9.17) is 9.47 Å². The molecule has 4 aromatic rings. The van der Waals surface area contributed by atoms with Gasteiger partial charge in [0.15, 0.2) is 9.84 Å². The third-order valence-corrected chi connectivity index (χ3v) is 9.48. The van der Waals surface area contributed by atoms with Gasteiger partial charge in [-0.3, -0.25) is 4.98 Å². The number of pyridine rings is 1. The van der Waals surface area contributed by atoms with Crippen LogP contribution in [0.4, 0.5) is 0 Å². The van der Waals surface area contributed by atoms with Gasteiger partial charge in [-0.15, -0.1) is 11.8 Å². The molecule has 0 amide bonds. The summed E-state index contributed by atoms with van der Waals surface area (Å²) >= 11 is 1.62. The van der Waals surface area contributed by atoms with Gasteiger partial charge in [0.05, 0.1) is 16.9 Å². The first-order valence-electron chi connectivity index (χ1n) is 12.2. The number of aromatic nitrogens is 1. The molecule has 38 heavy (non-hydrogen) atoms. The summed E-state index contributed by atoms with van der Waals surface area (Å²) in [5.41, 5.74) is 3.66. The van der Waals surface area contributed by atoms with Crippen LogP contribution in [-0.4, -0.2) is 38.5 Å². The van der Waals surface area contributed by atoms with Crippen molar-refractivity contribution in [1.82, 2.24) is 4.98 Å². The normalized spacial score (nSPS) is 12.8. The van der Waals surface area contributed by atoms with Gasteiger partial charge in [-0.2, -0.15) is 0 Å². The summed E-state index contributed by atoms with van der Waals surface area (Å²) in [5, 5.41) is 0.835. The van der Waals surface area contributed by atoms with Crippen molar-refractivity contribution in [2.45, 2.75) is 36.5 Å². The fraction of sp³-hybridized carbons (Fsp3) is 0.267. The summed E-state index contributed by atoms with van der Waals surface area (Å²) in [6, 6.07) is 22.5. The van der Waals surface area contributed by atoms with Crippen LogP contribution < -0.4 is 4.74 Å². The van der Waals surface area contributed by atoms with E-state index < -0.39 is 26.7 Å². The summed E-state index contributed by atoms with van der Waals surface area (Å²) in [6.07, 6.45) is 4.01. The fourth-order valence-corrected chi connectivity index (χ4v) is 5.05. The van der Waals surface area contributed by atoms with E-state index in [1.807, 2.05) is 73.0 Å². The Morgan fingerprint density at radius 1 is 1.03 bits per heavy atom. The van der Waals surface area contributed by atoms with Gasteiger partial charge < -0.3 is 9.47 Å². The maximum Gasteiger partial charge on any atom is 0.352 e. The van der Waals surface area contributed by atoms with E-state index in [1.54, 1.807) is 44.8 Å². The summed E-state index contributed by atoms with van der Waals surface area (Å²) in [7, 11) is -3.40. The Hall–Kier alpha value is -3.36. The Morgan fingerprint density at radius 3 is 2.42 bits per heavy atom. The number of benzene rings is 3. The van der Waals surface area contributed by atoms with Crippen LogP contribution >= 0.6 is 11.8 Å². The molecule has 0 spiro atoms. The second-order valence-corrected chi connectivity index (χ2v) is 12.9. The van der Waals surface area contributed by atoms with E-state index in [1.165, 1.54) is 6.26 Å². The molecule has 0 saturated carbocycles. The molecule has 1 unspecified atom stereocenters. The molecule has 0 bridgehead atoms. The van der Waals surface area contributed by atoms with Crippen LogP contribution in [0.25, 0.3) is 22.0 Å². The summed E-state index contributed by atoms with van der Waals surface area (Å²) in [6.45, 7) is 5.41. The Bertz CT molecular complexity index is 1560. The monoisotopic (exact) mass is 549 g/mol. The van der Waals surface area contributed by atoms with Crippen molar-refractivity contribution >= 4 is 38.5 Å². The van der Waals surface area contributed by atoms with Crippen molar-refractivity contribution in [3.63, 3.8) is 0 Å². The van der Waals surface area contributed by atoms with Gasteiger partial charge in [-0.05, 0) is 80.6 Å². The first-order chi connectivity index (χ1) is 18.0. The van der Waals surface area contributed by atoms with E-state index in [0.29, 0.717) is 16.9 Å². The van der Waals surface area contributed by atoms with Gasteiger partial charge in [-0.25, -0.2) is 13.2 Å². The highest BCUT2D eigenvalue weighted by molar-refractivity contribution is 7.98. The van der Waals surface area contributed by atoms with E-state index in [0.717, 1.165) is 26.9 Å². The number of carbonyl (C=O) groups excluding carboxylic acids is 1. The third-order valence-electron chi connectivity index (χ3n) is 6.65. The molecule has 4 rings (SSSR count). The molecule has 3 aromatic carbocycles. The van der Waals surface area contributed by atoms with Crippen LogP contribution in [0.15, 0.2) is 83.9 Å². The van der Waals surface area contributed by atoms with Crippen molar-refractivity contribution in [2.75, 3.05) is 19.1 Å². The lowest BCUT2D eigenvalue weighted by atomic mass is 9.93. The summed E-state index contributed by atoms with van der Waals surface area (Å²) < 4.78 is 35.7. The fourth-order valence-electron chi connectivity index (χ4n) is 4.10. The van der Waals surface area contributed by atoms with Crippen molar-refractivity contribution in [2.24, 2.45) is 0 Å². The standard InChI is InChI=1S/C30H31NO5S2/c1-6-35-29(32)28(20-12-14-25(37-4)15-13-20)36-24-11-7-9-21(18-24)26-19-23(30(2,3)38(5,33)34)17-22-10-8-16-31-27(22)26/h7-19,28H,6H2,1-5H3. The maximum absolute atomic E-state index is 12.9. The largest absolute Gasteiger partial charge is 0.474 e.